The number of pyridine rings is 1. The van der Waals surface area contributed by atoms with Gasteiger partial charge in [-0.25, -0.2) is 4.79 Å². The molecule has 6 heteroatoms. The Kier molecular flexibility index (Phi) is 4.65. The van der Waals surface area contributed by atoms with Crippen LogP contribution in [0.2, 0.25) is 0 Å². The van der Waals surface area contributed by atoms with Crippen molar-refractivity contribution >= 4 is 23.6 Å². The topological polar surface area (TPSA) is 79.3 Å². The lowest BCUT2D eigenvalue weighted by Gasteiger charge is -2.26. The van der Waals surface area contributed by atoms with Crippen molar-refractivity contribution in [2.75, 3.05) is 12.8 Å². The average Bonchev–Trinajstić information content (AvgIpc) is 2.94. The standard InChI is InChI=1S/C14H18N2O3S/c1-20-14(6-2-3-7-14)9-16-12(17)11-5-4-10(8-15-11)13(18)19/h4-5,8H,2-3,6-7,9H2,1H3,(H,16,17)(H,18,19). The van der Waals surface area contributed by atoms with Crippen molar-refractivity contribution in [1.82, 2.24) is 10.3 Å². The first-order valence-corrected chi connectivity index (χ1v) is 7.81. The predicted octanol–water partition coefficient (Wildman–Crippen LogP) is 2.19. The van der Waals surface area contributed by atoms with Gasteiger partial charge in [0.2, 0.25) is 0 Å². The lowest BCUT2D eigenvalue weighted by Crippen LogP contribution is -2.38. The number of carboxylic acids is 1. The van der Waals surface area contributed by atoms with Crippen LogP contribution < -0.4 is 5.32 Å². The van der Waals surface area contributed by atoms with Gasteiger partial charge in [-0.2, -0.15) is 11.8 Å². The van der Waals surface area contributed by atoms with Gasteiger partial charge in [0.1, 0.15) is 5.69 Å². The van der Waals surface area contributed by atoms with Crippen molar-refractivity contribution in [2.24, 2.45) is 0 Å². The van der Waals surface area contributed by atoms with Crippen LogP contribution in [-0.2, 0) is 0 Å². The molecule has 2 N–H and O–H groups in total. The van der Waals surface area contributed by atoms with Gasteiger partial charge in [-0.3, -0.25) is 9.78 Å². The highest BCUT2D eigenvalue weighted by molar-refractivity contribution is 8.00. The largest absolute Gasteiger partial charge is 0.478 e. The molecule has 0 radical (unpaired) electrons. The second kappa shape index (κ2) is 6.26. The zero-order valence-electron chi connectivity index (χ0n) is 11.4. The summed E-state index contributed by atoms with van der Waals surface area (Å²) in [5.74, 6) is -1.29. The molecule has 0 aromatic carbocycles. The Bertz CT molecular complexity index is 496. The molecule has 1 fully saturated rings. The van der Waals surface area contributed by atoms with Gasteiger partial charge in [0.15, 0.2) is 0 Å². The van der Waals surface area contributed by atoms with Crippen LogP contribution in [0.3, 0.4) is 0 Å². The van der Waals surface area contributed by atoms with Crippen molar-refractivity contribution in [3.05, 3.63) is 29.6 Å². The summed E-state index contributed by atoms with van der Waals surface area (Å²) in [5, 5.41) is 11.7. The third kappa shape index (κ3) is 3.30. The fourth-order valence-corrected chi connectivity index (χ4v) is 3.37. The highest BCUT2D eigenvalue weighted by Crippen LogP contribution is 2.39. The monoisotopic (exact) mass is 294 g/mol. The van der Waals surface area contributed by atoms with Gasteiger partial charge in [0.05, 0.1) is 5.56 Å². The smallest absolute Gasteiger partial charge is 0.337 e. The van der Waals surface area contributed by atoms with Gasteiger partial charge in [-0.15, -0.1) is 0 Å². The van der Waals surface area contributed by atoms with Crippen LogP contribution in [0.4, 0.5) is 0 Å². The maximum Gasteiger partial charge on any atom is 0.337 e. The molecule has 1 amide bonds. The van der Waals surface area contributed by atoms with Crippen LogP contribution in [0.25, 0.3) is 0 Å². The number of nitrogens with one attached hydrogen (secondary N) is 1. The molecule has 1 aliphatic rings. The first-order chi connectivity index (χ1) is 9.56. The molecule has 5 nitrogen and oxygen atoms in total. The first kappa shape index (κ1) is 14.8. The number of rotatable bonds is 5. The van der Waals surface area contributed by atoms with Gasteiger partial charge in [-0.05, 0) is 31.2 Å². The van der Waals surface area contributed by atoms with Crippen molar-refractivity contribution in [3.63, 3.8) is 0 Å². The minimum absolute atomic E-state index is 0.0814. The van der Waals surface area contributed by atoms with E-state index >= 15 is 0 Å². The fourth-order valence-electron chi connectivity index (χ4n) is 2.46. The van der Waals surface area contributed by atoms with Crippen molar-refractivity contribution in [1.29, 1.82) is 0 Å². The van der Waals surface area contributed by atoms with Crippen LogP contribution in [0, 0.1) is 0 Å². The number of thioether (sulfide) groups is 1. The highest BCUT2D eigenvalue weighted by Gasteiger charge is 2.33. The summed E-state index contributed by atoms with van der Waals surface area (Å²) in [6, 6.07) is 2.84. The van der Waals surface area contributed by atoms with Gasteiger partial charge >= 0.3 is 5.97 Å². The number of amides is 1. The molecular weight excluding hydrogens is 276 g/mol. The van der Waals surface area contributed by atoms with Crippen LogP contribution in [0.15, 0.2) is 18.3 Å². The molecule has 1 heterocycles. The molecule has 0 unspecified atom stereocenters. The van der Waals surface area contributed by atoms with E-state index in [1.807, 2.05) is 11.8 Å². The molecule has 0 atom stereocenters. The summed E-state index contributed by atoms with van der Waals surface area (Å²) in [6.07, 6.45) is 7.96. The molecule has 0 aliphatic heterocycles. The summed E-state index contributed by atoms with van der Waals surface area (Å²) in [5.41, 5.74) is 0.335. The van der Waals surface area contributed by atoms with E-state index in [0.29, 0.717) is 6.54 Å². The molecule has 1 aliphatic carbocycles. The zero-order valence-corrected chi connectivity index (χ0v) is 12.2. The summed E-state index contributed by atoms with van der Waals surface area (Å²) < 4.78 is 0.149. The number of hydrogen-bond donors (Lipinski definition) is 2. The van der Waals surface area contributed by atoms with E-state index in [-0.39, 0.29) is 21.9 Å². The summed E-state index contributed by atoms with van der Waals surface area (Å²) in [4.78, 5) is 26.6. The third-order valence-electron chi connectivity index (χ3n) is 3.76. The Labute approximate surface area is 122 Å². The molecule has 0 spiro atoms. The van der Waals surface area contributed by atoms with Gasteiger partial charge in [0.25, 0.3) is 5.91 Å². The molecule has 108 valence electrons. The number of carbonyl (C=O) groups excluding carboxylic acids is 1. The normalized spacial score (nSPS) is 16.9. The second-order valence-corrected chi connectivity index (χ2v) is 6.29. The maximum atomic E-state index is 12.0. The maximum absolute atomic E-state index is 12.0. The first-order valence-electron chi connectivity index (χ1n) is 6.59. The zero-order chi connectivity index (χ0) is 14.6. The summed E-state index contributed by atoms with van der Waals surface area (Å²) in [6.45, 7) is 0.634. The molecule has 20 heavy (non-hydrogen) atoms. The van der Waals surface area contributed by atoms with Gasteiger partial charge in [-0.1, -0.05) is 12.8 Å². The van der Waals surface area contributed by atoms with Crippen LogP contribution in [0.1, 0.15) is 46.5 Å². The molecule has 1 saturated carbocycles. The van der Waals surface area contributed by atoms with Gasteiger partial charge in [0, 0.05) is 17.5 Å². The highest BCUT2D eigenvalue weighted by atomic mass is 32.2. The number of nitrogens with zero attached hydrogens (tertiary/aromatic N) is 1. The van der Waals surface area contributed by atoms with E-state index in [1.165, 1.54) is 31.2 Å². The Morgan fingerprint density at radius 2 is 2.10 bits per heavy atom. The Morgan fingerprint density at radius 1 is 1.40 bits per heavy atom. The van der Waals surface area contributed by atoms with Crippen LogP contribution >= 0.6 is 11.8 Å². The number of carboxylic acid groups (broad SMARTS) is 1. The number of hydrogen-bond acceptors (Lipinski definition) is 4. The molecule has 2 rings (SSSR count). The SMILES string of the molecule is CSC1(CNC(=O)c2ccc(C(=O)O)cn2)CCCC1. The molecule has 1 aromatic heterocycles. The lowest BCUT2D eigenvalue weighted by atomic mass is 10.1. The summed E-state index contributed by atoms with van der Waals surface area (Å²) >= 11 is 1.81. The molecule has 1 aromatic rings. The van der Waals surface area contributed by atoms with Crippen molar-refractivity contribution < 1.29 is 14.7 Å². The minimum Gasteiger partial charge on any atom is -0.478 e. The average molecular weight is 294 g/mol. The predicted molar refractivity (Wildman–Crippen MR) is 78.2 cm³/mol. The molecule has 0 saturated heterocycles. The van der Waals surface area contributed by atoms with E-state index < -0.39 is 5.97 Å². The second-order valence-electron chi connectivity index (χ2n) is 5.01. The lowest BCUT2D eigenvalue weighted by molar-refractivity contribution is 0.0695. The van der Waals surface area contributed by atoms with E-state index in [0.717, 1.165) is 12.8 Å². The molecule has 0 bridgehead atoms. The number of aromatic nitrogens is 1. The Morgan fingerprint density at radius 3 is 2.60 bits per heavy atom. The quantitative estimate of drug-likeness (QED) is 0.870. The van der Waals surface area contributed by atoms with Crippen LogP contribution in [-0.4, -0.2) is 39.5 Å². The van der Waals surface area contributed by atoms with Crippen molar-refractivity contribution in [2.45, 2.75) is 30.4 Å². The Hall–Kier alpha value is -1.56. The van der Waals surface area contributed by atoms with Gasteiger partial charge < -0.3 is 10.4 Å². The van der Waals surface area contributed by atoms with Crippen LogP contribution in [0.5, 0.6) is 0 Å². The summed E-state index contributed by atoms with van der Waals surface area (Å²) in [7, 11) is 0. The number of aromatic carboxylic acids is 1. The van der Waals surface area contributed by atoms with E-state index in [2.05, 4.69) is 16.6 Å². The number of carbonyl (C=O) groups is 2. The fraction of sp³-hybridized carbons (Fsp3) is 0.500. The van der Waals surface area contributed by atoms with E-state index in [9.17, 15) is 9.59 Å². The van der Waals surface area contributed by atoms with Crippen molar-refractivity contribution in [3.8, 4) is 0 Å². The third-order valence-corrected chi connectivity index (χ3v) is 5.18. The van der Waals surface area contributed by atoms with E-state index in [1.54, 1.807) is 0 Å². The Balaban J connectivity index is 1.96. The minimum atomic E-state index is -1.04. The van der Waals surface area contributed by atoms with E-state index in [4.69, 9.17) is 5.11 Å². The molecular formula is C14H18N2O3S.